The van der Waals surface area contributed by atoms with E-state index in [0.717, 1.165) is 14.5 Å². The van der Waals surface area contributed by atoms with E-state index in [0.29, 0.717) is 0 Å². The molecule has 3 heteroatoms. The molecule has 0 spiro atoms. The van der Waals surface area contributed by atoms with Gasteiger partial charge in [-0.1, -0.05) is 39.0 Å². The second-order valence-electron chi connectivity index (χ2n) is 6.58. The molecule has 0 radical (unpaired) electrons. The van der Waals surface area contributed by atoms with Gasteiger partial charge in [-0.25, -0.2) is 0 Å². The number of rotatable bonds is 16. The fraction of sp³-hybridized carbons (Fsp3) is 0.889. The minimum absolute atomic E-state index is 0.793. The van der Waals surface area contributed by atoms with E-state index in [2.05, 4.69) is 19.1 Å². The predicted octanol–water partition coefficient (Wildman–Crippen LogP) is 4.60. The molecular weight excluding hydrogens is 377 g/mol. The normalized spacial score (nSPS) is 13.2. The molecule has 1 atom stereocenters. The second kappa shape index (κ2) is 18.8. The number of hydrogen-bond donors (Lipinski definition) is 1. The Labute approximate surface area is 145 Å². The van der Waals surface area contributed by atoms with Crippen LogP contribution >= 0.6 is 0 Å². The molecule has 0 amide bonds. The fourth-order valence-corrected chi connectivity index (χ4v) is 8.98. The minimum atomic E-state index is -1.49. The van der Waals surface area contributed by atoms with Crippen LogP contribution in [0.2, 0.25) is 5.25 Å². The van der Waals surface area contributed by atoms with Crippen molar-refractivity contribution in [2.45, 2.75) is 102 Å². The maximum atomic E-state index is 9.43. The summed E-state index contributed by atoms with van der Waals surface area (Å²) in [5, 5.41) is 1.24. The topological polar surface area (TPSA) is 20.2 Å². The van der Waals surface area contributed by atoms with Crippen molar-refractivity contribution in [1.29, 1.82) is 0 Å². The van der Waals surface area contributed by atoms with Gasteiger partial charge in [0.1, 0.15) is 0 Å². The third-order valence-electron chi connectivity index (χ3n) is 4.13. The third kappa shape index (κ3) is 20.8. The molecule has 1 unspecified atom stereocenters. The molecule has 0 aromatic heterocycles. The average molecular weight is 418 g/mol. The van der Waals surface area contributed by atoms with E-state index in [9.17, 15) is 4.13 Å². The van der Waals surface area contributed by atoms with Crippen LogP contribution < -0.4 is 0 Å². The number of unbranched alkanes of at least 4 members (excludes halogenated alkanes) is 12. The van der Waals surface area contributed by atoms with Gasteiger partial charge in [0.05, 0.1) is 0 Å². The van der Waals surface area contributed by atoms with Crippen LogP contribution in [0.3, 0.4) is 0 Å². The zero-order valence-electron chi connectivity index (χ0n) is 14.8. The molecule has 0 heterocycles. The Bertz CT molecular complexity index is 217. The van der Waals surface area contributed by atoms with E-state index in [-0.39, 0.29) is 0 Å². The fourth-order valence-electron chi connectivity index (χ4n) is 2.69. The van der Waals surface area contributed by atoms with Crippen molar-refractivity contribution in [2.24, 2.45) is 0 Å². The number of allylic oxidation sites excluding steroid dienone is 2. The summed E-state index contributed by atoms with van der Waals surface area (Å²) in [5.41, 5.74) is 0. The molecule has 0 aliphatic carbocycles. The van der Waals surface area contributed by atoms with Crippen molar-refractivity contribution in [2.75, 3.05) is 0 Å². The van der Waals surface area contributed by atoms with Crippen molar-refractivity contribution in [3.05, 3.63) is 12.2 Å². The van der Waals surface area contributed by atoms with Gasteiger partial charge in [-0.15, -0.1) is 0 Å². The van der Waals surface area contributed by atoms with E-state index in [1.807, 2.05) is 0 Å². The molecule has 0 bridgehead atoms. The van der Waals surface area contributed by atoms with Crippen LogP contribution in [0, 0.1) is 0 Å². The van der Waals surface area contributed by atoms with Gasteiger partial charge in [-0.05, 0) is 0 Å². The Hall–Kier alpha value is 0.786. The van der Waals surface area contributed by atoms with E-state index < -0.39 is 12.7 Å². The van der Waals surface area contributed by atoms with Crippen molar-refractivity contribution in [3.8, 4) is 0 Å². The van der Waals surface area contributed by atoms with Crippen molar-refractivity contribution >= 4 is 27.3 Å². The van der Waals surface area contributed by atoms with Crippen LogP contribution in [0.1, 0.15) is 96.8 Å². The summed E-state index contributed by atoms with van der Waals surface area (Å²) in [4.78, 5) is 0. The Balaban J connectivity index is 3.05. The quantitative estimate of drug-likeness (QED) is 0.221. The molecule has 0 saturated carbocycles. The van der Waals surface area contributed by atoms with Gasteiger partial charge in [0.15, 0.2) is 0 Å². The SMILES string of the molecule is CCCCCCCC/C=C\CCCCCCC[CH2][GeH]([OH])[GeH3]. The van der Waals surface area contributed by atoms with Gasteiger partial charge in [-0.3, -0.25) is 0 Å². The van der Waals surface area contributed by atoms with Crippen LogP contribution in [0.5, 0.6) is 0 Å². The van der Waals surface area contributed by atoms with Gasteiger partial charge >= 0.3 is 107 Å². The van der Waals surface area contributed by atoms with Crippen LogP contribution in [0.15, 0.2) is 12.2 Å². The van der Waals surface area contributed by atoms with Crippen molar-refractivity contribution in [3.63, 3.8) is 0 Å². The molecule has 126 valence electrons. The van der Waals surface area contributed by atoms with Crippen molar-refractivity contribution < 1.29 is 4.13 Å². The van der Waals surface area contributed by atoms with E-state index >= 15 is 0 Å². The third-order valence-corrected chi connectivity index (χ3v) is 13.0. The van der Waals surface area contributed by atoms with Crippen LogP contribution in [0.4, 0.5) is 0 Å². The molecule has 1 nitrogen and oxygen atoms in total. The first-order valence-corrected chi connectivity index (χ1v) is 27.4. The Morgan fingerprint density at radius 2 is 1.14 bits per heavy atom. The Kier molecular flexibility index (Phi) is 19.5. The summed E-state index contributed by atoms with van der Waals surface area (Å²) in [6, 6.07) is 0. The zero-order chi connectivity index (χ0) is 15.6. The van der Waals surface area contributed by atoms with Gasteiger partial charge < -0.3 is 0 Å². The standard InChI is InChI=1S/C18H40Ge2O/c1-2-3-4-5-6-7-8-9-10-11-12-13-14-15-16-17-18-20(19)21/h9-10,20-21H,2-8,11-18H2,1,19H3/b10-9-. The molecule has 1 N–H and O–H groups in total. The summed E-state index contributed by atoms with van der Waals surface area (Å²) < 4.78 is 9.43. The summed E-state index contributed by atoms with van der Waals surface area (Å²) in [6.07, 6.45) is 24.1. The average Bonchev–Trinajstić information content (AvgIpc) is 2.46. The van der Waals surface area contributed by atoms with Gasteiger partial charge in [0.2, 0.25) is 0 Å². The summed E-state index contributed by atoms with van der Waals surface area (Å²) in [7, 11) is 0. The van der Waals surface area contributed by atoms with Gasteiger partial charge in [-0.2, -0.15) is 0 Å². The summed E-state index contributed by atoms with van der Waals surface area (Å²) >= 11 is -0.699. The number of hydrogen-bond acceptors (Lipinski definition) is 1. The second-order valence-corrected chi connectivity index (χ2v) is 25.9. The first-order valence-electron chi connectivity index (χ1n) is 9.60. The Morgan fingerprint density at radius 1 is 0.714 bits per heavy atom. The molecule has 0 aromatic carbocycles. The molecule has 0 saturated heterocycles. The molecule has 0 aliphatic rings. The van der Waals surface area contributed by atoms with Gasteiger partial charge in [0, 0.05) is 0 Å². The molecule has 0 aromatic rings. The van der Waals surface area contributed by atoms with Gasteiger partial charge in [0.25, 0.3) is 0 Å². The zero-order valence-corrected chi connectivity index (χ0v) is 21.4. The van der Waals surface area contributed by atoms with E-state index in [1.54, 1.807) is 0 Å². The molecular formula is C18H40Ge2O. The first-order chi connectivity index (χ1) is 10.3. The predicted molar refractivity (Wildman–Crippen MR) is 104 cm³/mol. The monoisotopic (exact) mass is 420 g/mol. The first kappa shape index (κ1) is 21.8. The summed E-state index contributed by atoms with van der Waals surface area (Å²) in [5.74, 6) is 0. The van der Waals surface area contributed by atoms with E-state index in [1.165, 1.54) is 95.1 Å². The van der Waals surface area contributed by atoms with Crippen LogP contribution in [0.25, 0.3) is 0 Å². The molecule has 0 fully saturated rings. The van der Waals surface area contributed by atoms with Crippen molar-refractivity contribution in [1.82, 2.24) is 0 Å². The van der Waals surface area contributed by atoms with Crippen LogP contribution in [-0.2, 0) is 0 Å². The Morgan fingerprint density at radius 3 is 1.62 bits per heavy atom. The maximum absolute atomic E-state index is 9.43. The summed E-state index contributed by atoms with van der Waals surface area (Å²) in [6.45, 7) is 2.28. The molecule has 0 aliphatic heterocycles. The van der Waals surface area contributed by atoms with E-state index in [4.69, 9.17) is 0 Å². The molecule has 0 rings (SSSR count). The molecule has 21 heavy (non-hydrogen) atoms. The van der Waals surface area contributed by atoms with Crippen LogP contribution in [-0.4, -0.2) is 31.4 Å².